The minimum absolute atomic E-state index is 0.231. The van der Waals surface area contributed by atoms with Crippen LogP contribution in [0.1, 0.15) is 26.3 Å². The van der Waals surface area contributed by atoms with E-state index in [4.69, 9.17) is 4.74 Å². The number of rotatable bonds is 1. The zero-order valence-corrected chi connectivity index (χ0v) is 13.2. The van der Waals surface area contributed by atoms with Crippen LogP contribution < -0.4 is 10.6 Å². The highest BCUT2D eigenvalue weighted by molar-refractivity contribution is 9.10. The summed E-state index contributed by atoms with van der Waals surface area (Å²) >= 11 is 3.39. The first kappa shape index (κ1) is 14.8. The fraction of sp³-hybridized carbons (Fsp3) is 0.429. The van der Waals surface area contributed by atoms with Crippen molar-refractivity contribution in [2.75, 3.05) is 5.32 Å². The van der Waals surface area contributed by atoms with Gasteiger partial charge in [-0.15, -0.1) is 0 Å². The van der Waals surface area contributed by atoms with Crippen molar-refractivity contribution in [2.24, 2.45) is 0 Å². The third-order valence-corrected chi connectivity index (χ3v) is 3.25. The second kappa shape index (κ2) is 5.44. The van der Waals surface area contributed by atoms with Crippen LogP contribution in [-0.2, 0) is 16.0 Å². The van der Waals surface area contributed by atoms with Gasteiger partial charge in [0.05, 0.1) is 0 Å². The number of halogens is 1. The average Bonchev–Trinajstić information content (AvgIpc) is 2.28. The number of nitrogens with one attached hydrogen (secondary N) is 2. The maximum Gasteiger partial charge on any atom is 0.408 e. The first-order valence-corrected chi connectivity index (χ1v) is 7.13. The molecule has 2 amide bonds. The van der Waals surface area contributed by atoms with Gasteiger partial charge in [0.2, 0.25) is 5.91 Å². The zero-order chi connectivity index (χ0) is 14.9. The standard InChI is InChI=1S/C14H17BrN2O3/c1-14(2,3)20-13(19)17-11-7-8-6-9(15)4-5-10(8)16-12(11)18/h4-6,11H,7H2,1-3H3,(H,16,18)(H,17,19)/t11-/m1/s1. The Labute approximate surface area is 126 Å². The van der Waals surface area contributed by atoms with E-state index >= 15 is 0 Å². The van der Waals surface area contributed by atoms with Crippen LogP contribution in [0.25, 0.3) is 0 Å². The van der Waals surface area contributed by atoms with Crippen molar-refractivity contribution in [3.8, 4) is 0 Å². The molecule has 2 N–H and O–H groups in total. The molecule has 0 saturated heterocycles. The highest BCUT2D eigenvalue weighted by Gasteiger charge is 2.29. The lowest BCUT2D eigenvalue weighted by Crippen LogP contribution is -2.49. The summed E-state index contributed by atoms with van der Waals surface area (Å²) in [6.07, 6.45) is -0.143. The number of anilines is 1. The van der Waals surface area contributed by atoms with Gasteiger partial charge in [0, 0.05) is 16.6 Å². The van der Waals surface area contributed by atoms with Gasteiger partial charge in [0.25, 0.3) is 0 Å². The molecule has 5 nitrogen and oxygen atoms in total. The number of amides is 2. The van der Waals surface area contributed by atoms with E-state index in [-0.39, 0.29) is 5.91 Å². The number of alkyl carbamates (subject to hydrolysis) is 1. The van der Waals surface area contributed by atoms with Crippen LogP contribution in [0.15, 0.2) is 22.7 Å². The summed E-state index contributed by atoms with van der Waals surface area (Å²) in [5.74, 6) is -0.231. The molecule has 0 fully saturated rings. The highest BCUT2D eigenvalue weighted by Crippen LogP contribution is 2.26. The van der Waals surface area contributed by atoms with Gasteiger partial charge in [-0.2, -0.15) is 0 Å². The van der Waals surface area contributed by atoms with E-state index in [0.717, 1.165) is 15.7 Å². The summed E-state index contributed by atoms with van der Waals surface area (Å²) < 4.78 is 6.09. The molecule has 0 unspecified atom stereocenters. The predicted octanol–water partition coefficient (Wildman–Crippen LogP) is 2.84. The van der Waals surface area contributed by atoms with Gasteiger partial charge in [-0.05, 0) is 44.5 Å². The highest BCUT2D eigenvalue weighted by atomic mass is 79.9. The largest absolute Gasteiger partial charge is 0.444 e. The molecule has 1 heterocycles. The Bertz CT molecular complexity index is 552. The van der Waals surface area contributed by atoms with Crippen molar-refractivity contribution in [3.63, 3.8) is 0 Å². The molecule has 1 aliphatic heterocycles. The molecule has 2 rings (SSSR count). The summed E-state index contributed by atoms with van der Waals surface area (Å²) in [4.78, 5) is 23.7. The molecule has 1 aliphatic rings. The summed E-state index contributed by atoms with van der Waals surface area (Å²) in [7, 11) is 0. The van der Waals surface area contributed by atoms with Crippen molar-refractivity contribution in [1.82, 2.24) is 5.32 Å². The molecule has 0 bridgehead atoms. The van der Waals surface area contributed by atoms with Crippen LogP contribution in [0.5, 0.6) is 0 Å². The normalized spacial score (nSPS) is 18.0. The number of carbonyl (C=O) groups is 2. The topological polar surface area (TPSA) is 67.4 Å². The van der Waals surface area contributed by atoms with Gasteiger partial charge >= 0.3 is 6.09 Å². The molecule has 0 radical (unpaired) electrons. The third kappa shape index (κ3) is 3.72. The van der Waals surface area contributed by atoms with Crippen LogP contribution in [0.2, 0.25) is 0 Å². The molecule has 0 spiro atoms. The zero-order valence-electron chi connectivity index (χ0n) is 11.6. The van der Waals surface area contributed by atoms with Gasteiger partial charge in [0.15, 0.2) is 0 Å². The van der Waals surface area contributed by atoms with Gasteiger partial charge in [0.1, 0.15) is 11.6 Å². The molecule has 6 heteroatoms. The minimum atomic E-state index is -0.619. The second-order valence-electron chi connectivity index (χ2n) is 5.69. The molecule has 0 aromatic heterocycles. The van der Waals surface area contributed by atoms with Gasteiger partial charge in [-0.1, -0.05) is 15.9 Å². The lowest BCUT2D eigenvalue weighted by atomic mass is 9.99. The number of hydrogen-bond donors (Lipinski definition) is 2. The second-order valence-corrected chi connectivity index (χ2v) is 6.61. The van der Waals surface area contributed by atoms with Crippen LogP contribution >= 0.6 is 15.9 Å². The van der Waals surface area contributed by atoms with Crippen molar-refractivity contribution < 1.29 is 14.3 Å². The van der Waals surface area contributed by atoms with E-state index in [1.54, 1.807) is 20.8 Å². The lowest BCUT2D eigenvalue weighted by Gasteiger charge is -2.27. The molecular weight excluding hydrogens is 324 g/mol. The van der Waals surface area contributed by atoms with Crippen LogP contribution in [0, 0.1) is 0 Å². The van der Waals surface area contributed by atoms with Gasteiger partial charge in [-0.25, -0.2) is 4.79 Å². The first-order chi connectivity index (χ1) is 9.24. The monoisotopic (exact) mass is 340 g/mol. The molecule has 108 valence electrons. The maximum absolute atomic E-state index is 11.9. The summed E-state index contributed by atoms with van der Waals surface area (Å²) in [6, 6.07) is 5.01. The molecule has 0 saturated carbocycles. The molecular formula is C14H17BrN2O3. The molecule has 1 aromatic rings. The first-order valence-electron chi connectivity index (χ1n) is 6.33. The van der Waals surface area contributed by atoms with E-state index in [0.29, 0.717) is 6.42 Å². The SMILES string of the molecule is CC(C)(C)OC(=O)N[C@@H]1Cc2cc(Br)ccc2NC1=O. The molecule has 1 atom stereocenters. The number of ether oxygens (including phenoxy) is 1. The van der Waals surface area contributed by atoms with Crippen LogP contribution in [0.4, 0.5) is 10.5 Å². The fourth-order valence-electron chi connectivity index (χ4n) is 1.95. The van der Waals surface area contributed by atoms with E-state index in [1.165, 1.54) is 0 Å². The van der Waals surface area contributed by atoms with Crippen molar-refractivity contribution >= 4 is 33.6 Å². The Kier molecular flexibility index (Phi) is 4.04. The minimum Gasteiger partial charge on any atom is -0.444 e. The maximum atomic E-state index is 11.9. The van der Waals surface area contributed by atoms with E-state index < -0.39 is 17.7 Å². The quantitative estimate of drug-likeness (QED) is 0.825. The average molecular weight is 341 g/mol. The van der Waals surface area contributed by atoms with E-state index in [9.17, 15) is 9.59 Å². The van der Waals surface area contributed by atoms with Gasteiger partial charge in [-0.3, -0.25) is 4.79 Å². The fourth-order valence-corrected chi connectivity index (χ4v) is 2.36. The van der Waals surface area contributed by atoms with E-state index in [2.05, 4.69) is 26.6 Å². The number of benzene rings is 1. The third-order valence-electron chi connectivity index (χ3n) is 2.76. The summed E-state index contributed by atoms with van der Waals surface area (Å²) in [5, 5.41) is 5.37. The van der Waals surface area contributed by atoms with E-state index in [1.807, 2.05) is 18.2 Å². The Morgan fingerprint density at radius 1 is 1.45 bits per heavy atom. The summed E-state index contributed by atoms with van der Waals surface area (Å²) in [6.45, 7) is 5.33. The van der Waals surface area contributed by atoms with Crippen molar-refractivity contribution in [3.05, 3.63) is 28.2 Å². The Hall–Kier alpha value is -1.56. The van der Waals surface area contributed by atoms with Crippen LogP contribution in [-0.4, -0.2) is 23.6 Å². The molecule has 20 heavy (non-hydrogen) atoms. The number of carbonyl (C=O) groups excluding carboxylic acids is 2. The number of fused-ring (bicyclic) bond motifs is 1. The predicted molar refractivity (Wildman–Crippen MR) is 79.6 cm³/mol. The van der Waals surface area contributed by atoms with Gasteiger partial charge < -0.3 is 15.4 Å². The number of hydrogen-bond acceptors (Lipinski definition) is 3. The Morgan fingerprint density at radius 3 is 2.80 bits per heavy atom. The molecule has 1 aromatic carbocycles. The molecule has 0 aliphatic carbocycles. The summed E-state index contributed by atoms with van der Waals surface area (Å²) in [5.41, 5.74) is 1.16. The Morgan fingerprint density at radius 2 is 2.15 bits per heavy atom. The van der Waals surface area contributed by atoms with Crippen molar-refractivity contribution in [1.29, 1.82) is 0 Å². The Balaban J connectivity index is 2.07. The van der Waals surface area contributed by atoms with Crippen LogP contribution in [0.3, 0.4) is 0 Å². The van der Waals surface area contributed by atoms with Crippen molar-refractivity contribution in [2.45, 2.75) is 38.8 Å². The smallest absolute Gasteiger partial charge is 0.408 e. The lowest BCUT2D eigenvalue weighted by molar-refractivity contribution is -0.118.